The summed E-state index contributed by atoms with van der Waals surface area (Å²) in [7, 11) is 0. The predicted molar refractivity (Wildman–Crippen MR) is 97.5 cm³/mol. The quantitative estimate of drug-likeness (QED) is 0.752. The van der Waals surface area contributed by atoms with Crippen molar-refractivity contribution >= 4 is 17.6 Å². The van der Waals surface area contributed by atoms with Crippen LogP contribution in [0.1, 0.15) is 52.9 Å². The van der Waals surface area contributed by atoms with Gasteiger partial charge in [-0.1, -0.05) is 13.8 Å². The van der Waals surface area contributed by atoms with Gasteiger partial charge in [0.2, 0.25) is 5.91 Å². The number of nitrogens with one attached hydrogen (secondary N) is 1. The summed E-state index contributed by atoms with van der Waals surface area (Å²) in [6, 6.07) is 7.18. The van der Waals surface area contributed by atoms with Gasteiger partial charge in [-0.05, 0) is 62.3 Å². The Morgan fingerprint density at radius 3 is 2.44 bits per heavy atom. The van der Waals surface area contributed by atoms with Crippen LogP contribution in [-0.4, -0.2) is 24.6 Å². The Kier molecular flexibility index (Phi) is 7.29. The fraction of sp³-hybridized carbons (Fsp3) is 0.600. The number of hydrogen-bond acceptors (Lipinski definition) is 4. The van der Waals surface area contributed by atoms with Crippen molar-refractivity contribution in [3.63, 3.8) is 0 Å². The summed E-state index contributed by atoms with van der Waals surface area (Å²) in [5.41, 5.74) is 0.692. The Hall–Kier alpha value is -2.04. The van der Waals surface area contributed by atoms with Crippen LogP contribution in [0.5, 0.6) is 5.75 Å². The van der Waals surface area contributed by atoms with E-state index in [1.54, 1.807) is 24.3 Å². The first kappa shape index (κ1) is 19.3. The number of benzene rings is 1. The van der Waals surface area contributed by atoms with Gasteiger partial charge in [0.15, 0.2) is 0 Å². The monoisotopic (exact) mass is 347 g/mol. The van der Waals surface area contributed by atoms with Gasteiger partial charge in [0.05, 0.1) is 13.0 Å². The second kappa shape index (κ2) is 9.44. The standard InChI is InChI=1S/C20H29NO4/c1-4-24-17-9-6-16(7-10-17)21-19(22)11-12-20(23)25-18-8-5-14(2)15(3)13-18/h6-7,9-10,14-15,18H,4-5,8,11-13H2,1-3H3,(H,21,22)/t14-,15-,18+/m0/s1. The molecule has 138 valence electrons. The molecule has 2 rings (SSSR count). The summed E-state index contributed by atoms with van der Waals surface area (Å²) < 4.78 is 10.9. The van der Waals surface area contributed by atoms with E-state index in [1.807, 2.05) is 6.92 Å². The minimum absolute atomic E-state index is 0.00729. The maximum atomic E-state index is 12.0. The molecule has 0 bridgehead atoms. The van der Waals surface area contributed by atoms with Crippen LogP contribution in [0.3, 0.4) is 0 Å². The molecule has 25 heavy (non-hydrogen) atoms. The summed E-state index contributed by atoms with van der Waals surface area (Å²) in [4.78, 5) is 23.9. The summed E-state index contributed by atoms with van der Waals surface area (Å²) in [5, 5.41) is 2.78. The molecule has 0 heterocycles. The Bertz CT molecular complexity index is 570. The lowest BCUT2D eigenvalue weighted by atomic mass is 9.80. The molecular weight excluding hydrogens is 318 g/mol. The molecule has 1 aliphatic carbocycles. The van der Waals surface area contributed by atoms with E-state index >= 15 is 0 Å². The molecule has 0 aliphatic heterocycles. The largest absolute Gasteiger partial charge is 0.494 e. The number of amides is 1. The van der Waals surface area contributed by atoms with Crippen LogP contribution in [0.15, 0.2) is 24.3 Å². The maximum Gasteiger partial charge on any atom is 0.306 e. The van der Waals surface area contributed by atoms with Crippen molar-refractivity contribution in [3.05, 3.63) is 24.3 Å². The molecule has 3 atom stereocenters. The molecule has 1 fully saturated rings. The zero-order valence-corrected chi connectivity index (χ0v) is 15.4. The predicted octanol–water partition coefficient (Wildman–Crippen LogP) is 4.17. The van der Waals surface area contributed by atoms with Crippen molar-refractivity contribution < 1.29 is 19.1 Å². The fourth-order valence-electron chi connectivity index (χ4n) is 3.09. The highest BCUT2D eigenvalue weighted by molar-refractivity contribution is 5.92. The molecule has 1 aliphatic rings. The van der Waals surface area contributed by atoms with Crippen molar-refractivity contribution in [2.24, 2.45) is 11.8 Å². The third-order valence-corrected chi connectivity index (χ3v) is 4.85. The lowest BCUT2D eigenvalue weighted by molar-refractivity contribution is -0.152. The van der Waals surface area contributed by atoms with Crippen molar-refractivity contribution in [1.29, 1.82) is 0 Å². The van der Waals surface area contributed by atoms with Crippen LogP contribution in [0.25, 0.3) is 0 Å². The highest BCUT2D eigenvalue weighted by atomic mass is 16.5. The molecular formula is C20H29NO4. The minimum atomic E-state index is -0.284. The second-order valence-corrected chi connectivity index (χ2v) is 6.89. The van der Waals surface area contributed by atoms with Crippen LogP contribution >= 0.6 is 0 Å². The topological polar surface area (TPSA) is 64.6 Å². The lowest BCUT2D eigenvalue weighted by Crippen LogP contribution is -2.29. The highest BCUT2D eigenvalue weighted by Crippen LogP contribution is 2.31. The number of anilines is 1. The second-order valence-electron chi connectivity index (χ2n) is 6.89. The smallest absolute Gasteiger partial charge is 0.306 e. The number of carbonyl (C=O) groups is 2. The first-order valence-electron chi connectivity index (χ1n) is 9.20. The van der Waals surface area contributed by atoms with E-state index in [0.717, 1.165) is 25.0 Å². The number of hydrogen-bond donors (Lipinski definition) is 1. The molecule has 1 saturated carbocycles. The first-order chi connectivity index (χ1) is 12.0. The van der Waals surface area contributed by atoms with Crippen molar-refractivity contribution in [1.82, 2.24) is 0 Å². The van der Waals surface area contributed by atoms with E-state index < -0.39 is 0 Å². The van der Waals surface area contributed by atoms with Gasteiger partial charge in [-0.2, -0.15) is 0 Å². The molecule has 1 aromatic carbocycles. The van der Waals surface area contributed by atoms with Crippen LogP contribution in [0.2, 0.25) is 0 Å². The highest BCUT2D eigenvalue weighted by Gasteiger charge is 2.27. The zero-order chi connectivity index (χ0) is 18.2. The molecule has 5 nitrogen and oxygen atoms in total. The van der Waals surface area contributed by atoms with Gasteiger partial charge >= 0.3 is 5.97 Å². The molecule has 5 heteroatoms. The molecule has 0 saturated heterocycles. The Balaban J connectivity index is 1.69. The molecule has 0 aromatic heterocycles. The van der Waals surface area contributed by atoms with E-state index in [1.165, 1.54) is 0 Å². The molecule has 0 radical (unpaired) electrons. The lowest BCUT2D eigenvalue weighted by Gasteiger charge is -2.31. The van der Waals surface area contributed by atoms with E-state index in [2.05, 4.69) is 19.2 Å². The number of esters is 1. The van der Waals surface area contributed by atoms with Crippen LogP contribution in [-0.2, 0) is 14.3 Å². The first-order valence-corrected chi connectivity index (χ1v) is 9.20. The Morgan fingerprint density at radius 2 is 1.80 bits per heavy atom. The normalized spacial score (nSPS) is 22.9. The van der Waals surface area contributed by atoms with Crippen LogP contribution < -0.4 is 10.1 Å². The van der Waals surface area contributed by atoms with Gasteiger partial charge in [-0.15, -0.1) is 0 Å². The van der Waals surface area contributed by atoms with Gasteiger partial charge in [0.25, 0.3) is 0 Å². The van der Waals surface area contributed by atoms with E-state index in [0.29, 0.717) is 24.1 Å². The Labute approximate surface area is 150 Å². The average molecular weight is 347 g/mol. The number of carbonyl (C=O) groups excluding carboxylic acids is 2. The third-order valence-electron chi connectivity index (χ3n) is 4.85. The van der Waals surface area contributed by atoms with E-state index in [9.17, 15) is 9.59 Å². The van der Waals surface area contributed by atoms with Gasteiger partial charge < -0.3 is 14.8 Å². The zero-order valence-electron chi connectivity index (χ0n) is 15.4. The molecule has 0 spiro atoms. The van der Waals surface area contributed by atoms with Crippen molar-refractivity contribution in [2.45, 2.75) is 59.0 Å². The average Bonchev–Trinajstić information content (AvgIpc) is 2.58. The fourth-order valence-corrected chi connectivity index (χ4v) is 3.09. The van der Waals surface area contributed by atoms with Gasteiger partial charge in [-0.3, -0.25) is 9.59 Å². The SMILES string of the molecule is CCOc1ccc(NC(=O)CCC(=O)O[C@@H]2CC[C@H](C)[C@@H](C)C2)cc1. The van der Waals surface area contributed by atoms with Crippen molar-refractivity contribution in [2.75, 3.05) is 11.9 Å². The summed E-state index contributed by atoms with van der Waals surface area (Å²) in [6.07, 6.45) is 3.19. The van der Waals surface area contributed by atoms with Crippen molar-refractivity contribution in [3.8, 4) is 5.75 Å². The summed E-state index contributed by atoms with van der Waals surface area (Å²) >= 11 is 0. The van der Waals surface area contributed by atoms with Gasteiger partial charge in [-0.25, -0.2) is 0 Å². The van der Waals surface area contributed by atoms with Crippen LogP contribution in [0.4, 0.5) is 5.69 Å². The minimum Gasteiger partial charge on any atom is -0.494 e. The third kappa shape index (κ3) is 6.40. The molecule has 1 amide bonds. The van der Waals surface area contributed by atoms with E-state index in [-0.39, 0.29) is 30.8 Å². The summed E-state index contributed by atoms with van der Waals surface area (Å²) in [6.45, 7) is 6.97. The van der Waals surface area contributed by atoms with E-state index in [4.69, 9.17) is 9.47 Å². The number of ether oxygens (including phenoxy) is 2. The van der Waals surface area contributed by atoms with Gasteiger partial charge in [0.1, 0.15) is 11.9 Å². The van der Waals surface area contributed by atoms with Gasteiger partial charge in [0, 0.05) is 12.1 Å². The number of rotatable bonds is 7. The molecule has 1 aromatic rings. The molecule has 0 unspecified atom stereocenters. The maximum absolute atomic E-state index is 12.0. The molecule has 1 N–H and O–H groups in total. The summed E-state index contributed by atoms with van der Waals surface area (Å²) in [5.74, 6) is 1.56. The Morgan fingerprint density at radius 1 is 1.08 bits per heavy atom. The van der Waals surface area contributed by atoms with Crippen LogP contribution in [0, 0.1) is 11.8 Å².